The van der Waals surface area contributed by atoms with Crippen LogP contribution in [0.25, 0.3) is 0 Å². The predicted octanol–water partition coefficient (Wildman–Crippen LogP) is 0.840. The minimum atomic E-state index is -3.20. The lowest BCUT2D eigenvalue weighted by Crippen LogP contribution is -2.41. The number of nitrogens with zero attached hydrogens (tertiary/aromatic N) is 3. The summed E-state index contributed by atoms with van der Waals surface area (Å²) in [5, 5.41) is 3.03. The number of carbonyl (C=O) groups excluding carboxylic acids is 1. The second-order valence-electron chi connectivity index (χ2n) is 6.21. The maximum Gasteiger partial charge on any atom is 0.220 e. The molecule has 0 radical (unpaired) electrons. The van der Waals surface area contributed by atoms with Gasteiger partial charge >= 0.3 is 0 Å². The second kappa shape index (κ2) is 7.92. The van der Waals surface area contributed by atoms with Gasteiger partial charge in [0.25, 0.3) is 0 Å². The van der Waals surface area contributed by atoms with Crippen molar-refractivity contribution < 1.29 is 13.2 Å². The molecule has 2 heterocycles. The topological polar surface area (TPSA) is 84.3 Å². The molecule has 1 aliphatic rings. The first-order valence-corrected chi connectivity index (χ1v) is 9.95. The minimum Gasteiger partial charge on any atom is -0.352 e. The van der Waals surface area contributed by atoms with E-state index in [0.29, 0.717) is 19.5 Å². The molecule has 1 aromatic rings. The van der Waals surface area contributed by atoms with E-state index in [1.165, 1.54) is 10.6 Å². The van der Waals surface area contributed by atoms with Crippen LogP contribution in [0.15, 0.2) is 18.7 Å². The average Bonchev–Trinajstić information content (AvgIpc) is 3.09. The van der Waals surface area contributed by atoms with Crippen molar-refractivity contribution in [2.45, 2.75) is 45.2 Å². The fourth-order valence-corrected chi connectivity index (χ4v) is 3.94. The number of aryl methyl sites for hydroxylation is 1. The second-order valence-corrected chi connectivity index (χ2v) is 8.19. The first-order chi connectivity index (χ1) is 10.9. The van der Waals surface area contributed by atoms with Crippen molar-refractivity contribution in [3.63, 3.8) is 0 Å². The monoisotopic (exact) mass is 342 g/mol. The van der Waals surface area contributed by atoms with Crippen LogP contribution in [0.3, 0.4) is 0 Å². The highest BCUT2D eigenvalue weighted by atomic mass is 32.2. The summed E-state index contributed by atoms with van der Waals surface area (Å²) in [7, 11) is -3.20. The highest BCUT2D eigenvalue weighted by Gasteiger charge is 2.36. The van der Waals surface area contributed by atoms with Gasteiger partial charge in [0.05, 0.1) is 12.6 Å². The maximum absolute atomic E-state index is 12.1. The number of hydrogen-bond donors (Lipinski definition) is 1. The Kier molecular flexibility index (Phi) is 6.17. The predicted molar refractivity (Wildman–Crippen MR) is 88.2 cm³/mol. The van der Waals surface area contributed by atoms with E-state index in [4.69, 9.17) is 0 Å². The van der Waals surface area contributed by atoms with E-state index in [1.807, 2.05) is 10.8 Å². The van der Waals surface area contributed by atoms with Crippen LogP contribution in [-0.2, 0) is 21.4 Å². The molecule has 1 N–H and O–H groups in total. The summed E-state index contributed by atoms with van der Waals surface area (Å²) in [4.78, 5) is 16.1. The number of amides is 1. The van der Waals surface area contributed by atoms with Gasteiger partial charge in [0.2, 0.25) is 15.9 Å². The summed E-state index contributed by atoms with van der Waals surface area (Å²) >= 11 is 0. The molecule has 1 amide bonds. The lowest BCUT2D eigenvalue weighted by Gasteiger charge is -2.19. The van der Waals surface area contributed by atoms with Crippen LogP contribution in [0.5, 0.6) is 0 Å². The van der Waals surface area contributed by atoms with E-state index in [-0.39, 0.29) is 17.9 Å². The van der Waals surface area contributed by atoms with Gasteiger partial charge < -0.3 is 9.88 Å². The normalized spacial score (nSPS) is 22.3. The van der Waals surface area contributed by atoms with E-state index < -0.39 is 10.0 Å². The number of hydrogen-bond acceptors (Lipinski definition) is 4. The lowest BCUT2D eigenvalue weighted by atomic mass is 9.98. The zero-order chi connectivity index (χ0) is 16.9. The molecule has 2 atom stereocenters. The molecular weight excluding hydrogens is 316 g/mol. The number of imidazole rings is 1. The Hall–Kier alpha value is -1.41. The van der Waals surface area contributed by atoms with Crippen molar-refractivity contribution in [3.8, 4) is 0 Å². The van der Waals surface area contributed by atoms with Crippen molar-refractivity contribution in [2.24, 2.45) is 5.92 Å². The summed E-state index contributed by atoms with van der Waals surface area (Å²) in [6.45, 7) is 3.72. The Morgan fingerprint density at radius 3 is 2.78 bits per heavy atom. The first-order valence-electron chi connectivity index (χ1n) is 8.10. The van der Waals surface area contributed by atoms with Gasteiger partial charge in [0, 0.05) is 44.5 Å². The lowest BCUT2D eigenvalue weighted by molar-refractivity contribution is -0.122. The Morgan fingerprint density at radius 1 is 1.39 bits per heavy atom. The quantitative estimate of drug-likeness (QED) is 0.759. The van der Waals surface area contributed by atoms with Crippen LogP contribution >= 0.6 is 0 Å². The highest BCUT2D eigenvalue weighted by Crippen LogP contribution is 2.23. The summed E-state index contributed by atoms with van der Waals surface area (Å²) in [6, 6.07) is -0.0783. The Morgan fingerprint density at radius 2 is 2.17 bits per heavy atom. The molecule has 0 bridgehead atoms. The summed E-state index contributed by atoms with van der Waals surface area (Å²) in [5.74, 6) is 0.193. The highest BCUT2D eigenvalue weighted by molar-refractivity contribution is 7.88. The standard InChI is InChI=1S/C15H26N4O3S/c1-3-5-13-10-19(23(2,21)22)11-14(13)17-15(20)6-4-8-18-9-7-16-12-18/h7,9,12-14H,3-6,8,10-11H2,1-2H3,(H,17,20)/t13-,14-/m0/s1. The van der Waals surface area contributed by atoms with Crippen molar-refractivity contribution in [1.82, 2.24) is 19.2 Å². The van der Waals surface area contributed by atoms with Crippen LogP contribution in [-0.4, -0.2) is 53.6 Å². The molecule has 2 rings (SSSR count). The van der Waals surface area contributed by atoms with Gasteiger partial charge in [-0.2, -0.15) is 4.31 Å². The van der Waals surface area contributed by atoms with Crippen molar-refractivity contribution in [3.05, 3.63) is 18.7 Å². The largest absolute Gasteiger partial charge is 0.352 e. The van der Waals surface area contributed by atoms with Gasteiger partial charge in [-0.15, -0.1) is 0 Å². The molecule has 1 fully saturated rings. The third kappa shape index (κ3) is 5.31. The first kappa shape index (κ1) is 17.9. The molecule has 130 valence electrons. The number of carbonyl (C=O) groups is 1. The van der Waals surface area contributed by atoms with Gasteiger partial charge in [-0.05, 0) is 18.8 Å². The maximum atomic E-state index is 12.1. The Bertz CT molecular complexity index is 600. The van der Waals surface area contributed by atoms with Crippen molar-refractivity contribution in [2.75, 3.05) is 19.3 Å². The molecule has 7 nitrogen and oxygen atoms in total. The van der Waals surface area contributed by atoms with Crippen LogP contribution in [0.4, 0.5) is 0 Å². The zero-order valence-corrected chi connectivity index (χ0v) is 14.6. The van der Waals surface area contributed by atoms with Crippen molar-refractivity contribution in [1.29, 1.82) is 0 Å². The van der Waals surface area contributed by atoms with E-state index >= 15 is 0 Å². The van der Waals surface area contributed by atoms with Crippen LogP contribution in [0.1, 0.15) is 32.6 Å². The molecule has 0 aromatic carbocycles. The SMILES string of the molecule is CCC[C@H]1CN(S(C)(=O)=O)C[C@@H]1NC(=O)CCCn1ccnc1. The molecule has 1 saturated heterocycles. The van der Waals surface area contributed by atoms with E-state index in [9.17, 15) is 13.2 Å². The van der Waals surface area contributed by atoms with E-state index in [0.717, 1.165) is 25.8 Å². The average molecular weight is 342 g/mol. The molecule has 1 aliphatic heterocycles. The molecule has 0 saturated carbocycles. The van der Waals surface area contributed by atoms with Crippen molar-refractivity contribution >= 4 is 15.9 Å². The minimum absolute atomic E-state index is 0.00781. The number of nitrogens with one attached hydrogen (secondary N) is 1. The molecule has 1 aromatic heterocycles. The zero-order valence-electron chi connectivity index (χ0n) is 13.8. The summed E-state index contributed by atoms with van der Waals surface area (Å²) in [5.41, 5.74) is 0. The van der Waals surface area contributed by atoms with Crippen LogP contribution in [0, 0.1) is 5.92 Å². The fraction of sp³-hybridized carbons (Fsp3) is 0.733. The Labute approximate surface area is 138 Å². The molecule has 0 unspecified atom stereocenters. The number of sulfonamides is 1. The number of aromatic nitrogens is 2. The Balaban J connectivity index is 1.82. The number of rotatable bonds is 8. The third-order valence-electron chi connectivity index (χ3n) is 4.26. The van der Waals surface area contributed by atoms with Gasteiger partial charge in [-0.3, -0.25) is 4.79 Å². The van der Waals surface area contributed by atoms with Crippen LogP contribution in [0.2, 0.25) is 0 Å². The molecule has 8 heteroatoms. The van der Waals surface area contributed by atoms with Gasteiger partial charge in [-0.1, -0.05) is 13.3 Å². The van der Waals surface area contributed by atoms with Gasteiger partial charge in [-0.25, -0.2) is 13.4 Å². The molecular formula is C15H26N4O3S. The van der Waals surface area contributed by atoms with Gasteiger partial charge in [0.15, 0.2) is 0 Å². The van der Waals surface area contributed by atoms with Gasteiger partial charge in [0.1, 0.15) is 0 Å². The summed E-state index contributed by atoms with van der Waals surface area (Å²) < 4.78 is 26.9. The summed E-state index contributed by atoms with van der Waals surface area (Å²) in [6.07, 6.45) is 9.63. The van der Waals surface area contributed by atoms with E-state index in [2.05, 4.69) is 17.2 Å². The fourth-order valence-electron chi connectivity index (χ4n) is 3.05. The molecule has 0 aliphatic carbocycles. The smallest absolute Gasteiger partial charge is 0.220 e. The van der Waals surface area contributed by atoms with Crippen LogP contribution < -0.4 is 5.32 Å². The van der Waals surface area contributed by atoms with E-state index in [1.54, 1.807) is 12.5 Å². The molecule has 23 heavy (non-hydrogen) atoms. The molecule has 0 spiro atoms. The third-order valence-corrected chi connectivity index (χ3v) is 5.50.